The number of nitrogens with two attached hydrogens (primary N) is 1. The lowest BCUT2D eigenvalue weighted by Crippen LogP contribution is -2.36. The number of hydrogen-bond acceptors (Lipinski definition) is 3. The first-order valence-electron chi connectivity index (χ1n) is 6.66. The largest absolute Gasteiger partial charge is 0.326 e. The van der Waals surface area contributed by atoms with E-state index in [9.17, 15) is 8.42 Å². The van der Waals surface area contributed by atoms with Crippen molar-refractivity contribution < 1.29 is 8.42 Å². The van der Waals surface area contributed by atoms with Gasteiger partial charge in [0.25, 0.3) is 0 Å². The minimum Gasteiger partial charge on any atom is -0.326 e. The summed E-state index contributed by atoms with van der Waals surface area (Å²) in [7, 11) is -1.90. The van der Waals surface area contributed by atoms with Crippen LogP contribution >= 0.6 is 11.6 Å². The molecule has 1 aromatic carbocycles. The highest BCUT2D eigenvalue weighted by Gasteiger charge is 2.26. The van der Waals surface area contributed by atoms with Crippen LogP contribution in [0.3, 0.4) is 0 Å². The van der Waals surface area contributed by atoms with Gasteiger partial charge in [-0.1, -0.05) is 25.4 Å². The summed E-state index contributed by atoms with van der Waals surface area (Å²) in [6.45, 7) is 6.28. The van der Waals surface area contributed by atoms with Crippen molar-refractivity contribution >= 4 is 21.6 Å². The van der Waals surface area contributed by atoms with E-state index in [0.717, 1.165) is 6.42 Å². The lowest BCUT2D eigenvalue weighted by atomic mass is 10.1. The van der Waals surface area contributed by atoms with E-state index in [0.29, 0.717) is 16.5 Å². The molecule has 0 bridgehead atoms. The summed E-state index contributed by atoms with van der Waals surface area (Å²) in [5.74, 6) is 0.437. The van der Waals surface area contributed by atoms with Crippen molar-refractivity contribution in [2.45, 2.75) is 44.7 Å². The van der Waals surface area contributed by atoms with Crippen LogP contribution in [0.1, 0.15) is 32.8 Å². The summed E-state index contributed by atoms with van der Waals surface area (Å²) in [5, 5.41) is 0.490. The Morgan fingerprint density at radius 1 is 1.30 bits per heavy atom. The number of rotatable bonds is 6. The SMILES string of the molecule is CC(C)CC(C)N(C)S(=O)(=O)c1ccc(Cl)c(CN)c1. The molecule has 0 aliphatic rings. The van der Waals surface area contributed by atoms with Gasteiger partial charge < -0.3 is 5.73 Å². The molecular weight excluding hydrogens is 296 g/mol. The third-order valence-electron chi connectivity index (χ3n) is 3.35. The van der Waals surface area contributed by atoms with Crippen LogP contribution in [0.4, 0.5) is 0 Å². The van der Waals surface area contributed by atoms with Crippen LogP contribution in [0.2, 0.25) is 5.02 Å². The molecule has 2 N–H and O–H groups in total. The number of sulfonamides is 1. The van der Waals surface area contributed by atoms with E-state index in [4.69, 9.17) is 17.3 Å². The zero-order valence-electron chi connectivity index (χ0n) is 12.4. The Morgan fingerprint density at radius 2 is 1.90 bits per heavy atom. The fourth-order valence-corrected chi connectivity index (χ4v) is 3.72. The van der Waals surface area contributed by atoms with Gasteiger partial charge in [0, 0.05) is 24.7 Å². The number of halogens is 1. The van der Waals surface area contributed by atoms with E-state index >= 15 is 0 Å². The lowest BCUT2D eigenvalue weighted by Gasteiger charge is -2.26. The normalized spacial score (nSPS) is 14.0. The maximum atomic E-state index is 12.6. The highest BCUT2D eigenvalue weighted by molar-refractivity contribution is 7.89. The van der Waals surface area contributed by atoms with Gasteiger partial charge in [-0.25, -0.2) is 8.42 Å². The van der Waals surface area contributed by atoms with Gasteiger partial charge in [0.1, 0.15) is 0 Å². The summed E-state index contributed by atoms with van der Waals surface area (Å²) in [4.78, 5) is 0.237. The van der Waals surface area contributed by atoms with Crippen molar-refractivity contribution in [1.82, 2.24) is 4.31 Å². The maximum Gasteiger partial charge on any atom is 0.243 e. The highest BCUT2D eigenvalue weighted by atomic mass is 35.5. The van der Waals surface area contributed by atoms with Crippen molar-refractivity contribution in [3.05, 3.63) is 28.8 Å². The Bertz CT molecular complexity index is 558. The quantitative estimate of drug-likeness (QED) is 0.877. The Hall–Kier alpha value is -0.620. The smallest absolute Gasteiger partial charge is 0.243 e. The highest BCUT2D eigenvalue weighted by Crippen LogP contribution is 2.24. The van der Waals surface area contributed by atoms with Gasteiger partial charge in [0.15, 0.2) is 0 Å². The van der Waals surface area contributed by atoms with Crippen molar-refractivity contribution in [3.63, 3.8) is 0 Å². The minimum absolute atomic E-state index is 0.0583. The van der Waals surface area contributed by atoms with Gasteiger partial charge in [-0.3, -0.25) is 0 Å². The first-order chi connectivity index (χ1) is 9.20. The van der Waals surface area contributed by atoms with E-state index in [1.54, 1.807) is 19.2 Å². The second kappa shape index (κ2) is 6.89. The lowest BCUT2D eigenvalue weighted by molar-refractivity contribution is 0.338. The molecule has 114 valence electrons. The van der Waals surface area contributed by atoms with Gasteiger partial charge in [0.2, 0.25) is 10.0 Å². The molecule has 0 radical (unpaired) electrons. The van der Waals surface area contributed by atoms with E-state index in [1.807, 2.05) is 6.92 Å². The molecular formula is C14H23ClN2O2S. The molecule has 1 unspecified atom stereocenters. The number of nitrogens with zero attached hydrogens (tertiary/aromatic N) is 1. The van der Waals surface area contributed by atoms with E-state index in [2.05, 4.69) is 13.8 Å². The molecule has 0 saturated heterocycles. The Labute approximate surface area is 127 Å². The van der Waals surface area contributed by atoms with Crippen molar-refractivity contribution in [1.29, 1.82) is 0 Å². The van der Waals surface area contributed by atoms with E-state index in [1.165, 1.54) is 10.4 Å². The standard InChI is InChI=1S/C14H23ClN2O2S/c1-10(2)7-11(3)17(4)20(18,19)13-5-6-14(15)12(8-13)9-16/h5-6,8,10-11H,7,9,16H2,1-4H3. The fraction of sp³-hybridized carbons (Fsp3) is 0.571. The Balaban J connectivity index is 3.10. The molecule has 20 heavy (non-hydrogen) atoms. The van der Waals surface area contributed by atoms with Gasteiger partial charge in [0.05, 0.1) is 4.90 Å². The summed E-state index contributed by atoms with van der Waals surface area (Å²) >= 11 is 5.97. The van der Waals surface area contributed by atoms with Crippen LogP contribution in [0.25, 0.3) is 0 Å². The predicted octanol–water partition coefficient (Wildman–Crippen LogP) is 2.85. The second-order valence-corrected chi connectivity index (χ2v) is 7.86. The Morgan fingerprint density at radius 3 is 2.40 bits per heavy atom. The van der Waals surface area contributed by atoms with Crippen molar-refractivity contribution in [3.8, 4) is 0 Å². The molecule has 0 amide bonds. The summed E-state index contributed by atoms with van der Waals surface area (Å²) < 4.78 is 26.6. The fourth-order valence-electron chi connectivity index (χ4n) is 2.10. The molecule has 1 aromatic rings. The van der Waals surface area contributed by atoms with Crippen LogP contribution in [0.15, 0.2) is 23.1 Å². The van der Waals surface area contributed by atoms with E-state index < -0.39 is 10.0 Å². The van der Waals surface area contributed by atoms with Crippen molar-refractivity contribution in [2.24, 2.45) is 11.7 Å². The molecule has 1 rings (SSSR count). The van der Waals surface area contributed by atoms with Gasteiger partial charge in [-0.2, -0.15) is 4.31 Å². The third-order valence-corrected chi connectivity index (χ3v) is 5.68. The molecule has 4 nitrogen and oxygen atoms in total. The van der Waals surface area contributed by atoms with Crippen LogP contribution in [0.5, 0.6) is 0 Å². The molecule has 0 heterocycles. The molecule has 0 spiro atoms. The predicted molar refractivity (Wildman–Crippen MR) is 83.2 cm³/mol. The first-order valence-corrected chi connectivity index (χ1v) is 8.48. The van der Waals surface area contributed by atoms with Crippen molar-refractivity contribution in [2.75, 3.05) is 7.05 Å². The molecule has 0 aromatic heterocycles. The van der Waals surface area contributed by atoms with Crippen LogP contribution in [-0.2, 0) is 16.6 Å². The zero-order chi connectivity index (χ0) is 15.5. The zero-order valence-corrected chi connectivity index (χ0v) is 14.0. The average molecular weight is 319 g/mol. The molecule has 0 saturated carbocycles. The summed E-state index contributed by atoms with van der Waals surface area (Å²) in [6, 6.07) is 4.60. The molecule has 6 heteroatoms. The average Bonchev–Trinajstić information content (AvgIpc) is 2.37. The summed E-state index contributed by atoms with van der Waals surface area (Å²) in [6.07, 6.45) is 0.813. The molecule has 1 atom stereocenters. The van der Waals surface area contributed by atoms with Gasteiger partial charge >= 0.3 is 0 Å². The second-order valence-electron chi connectivity index (χ2n) is 5.46. The minimum atomic E-state index is -3.51. The monoisotopic (exact) mass is 318 g/mol. The number of benzene rings is 1. The van der Waals surface area contributed by atoms with Gasteiger partial charge in [-0.05, 0) is 43.0 Å². The third kappa shape index (κ3) is 3.95. The Kier molecular flexibility index (Phi) is 6.01. The van der Waals surface area contributed by atoms with Crippen LogP contribution in [0, 0.1) is 5.92 Å². The summed E-state index contributed by atoms with van der Waals surface area (Å²) in [5.41, 5.74) is 6.21. The molecule has 0 fully saturated rings. The van der Waals surface area contributed by atoms with E-state index in [-0.39, 0.29) is 17.5 Å². The topological polar surface area (TPSA) is 63.4 Å². The molecule has 0 aliphatic heterocycles. The first kappa shape index (κ1) is 17.4. The van der Waals surface area contributed by atoms with Crippen LogP contribution < -0.4 is 5.73 Å². The molecule has 0 aliphatic carbocycles. The maximum absolute atomic E-state index is 12.6. The van der Waals surface area contributed by atoms with Crippen LogP contribution in [-0.4, -0.2) is 25.8 Å². The van der Waals surface area contributed by atoms with Gasteiger partial charge in [-0.15, -0.1) is 0 Å². The number of hydrogen-bond donors (Lipinski definition) is 1.